The molecule has 0 saturated carbocycles. The fourth-order valence-electron chi connectivity index (χ4n) is 4.35. The zero-order valence-electron chi connectivity index (χ0n) is 17.7. The van der Waals surface area contributed by atoms with E-state index in [9.17, 15) is 0 Å². The first-order chi connectivity index (χ1) is 15.8. The van der Waals surface area contributed by atoms with Crippen LogP contribution in [0.3, 0.4) is 0 Å². The summed E-state index contributed by atoms with van der Waals surface area (Å²) in [5.74, 6) is 2.56. The van der Waals surface area contributed by atoms with E-state index in [0.29, 0.717) is 13.3 Å². The van der Waals surface area contributed by atoms with Gasteiger partial charge in [0.1, 0.15) is 11.9 Å². The topological polar surface area (TPSA) is 70.8 Å². The molecule has 0 bridgehead atoms. The van der Waals surface area contributed by atoms with E-state index in [1.165, 1.54) is 0 Å². The average Bonchev–Trinajstić information content (AvgIpc) is 3.24. The third-order valence-electron chi connectivity index (χ3n) is 5.90. The normalized spacial score (nSPS) is 18.0. The summed E-state index contributed by atoms with van der Waals surface area (Å²) in [6.07, 6.45) is 1.72. The van der Waals surface area contributed by atoms with E-state index in [1.54, 1.807) is 7.11 Å². The van der Waals surface area contributed by atoms with Gasteiger partial charge in [0.05, 0.1) is 37.2 Å². The number of pyridine rings is 1. The van der Waals surface area contributed by atoms with Gasteiger partial charge in [0, 0.05) is 12.7 Å². The molecule has 2 aliphatic heterocycles. The lowest BCUT2D eigenvalue weighted by Gasteiger charge is -2.41. The summed E-state index contributed by atoms with van der Waals surface area (Å²) < 4.78 is 7.60. The van der Waals surface area contributed by atoms with E-state index < -0.39 is 0 Å². The van der Waals surface area contributed by atoms with Gasteiger partial charge in [-0.2, -0.15) is 0 Å². The van der Waals surface area contributed by atoms with E-state index in [0.717, 1.165) is 46.5 Å². The van der Waals surface area contributed by atoms with Crippen molar-refractivity contribution in [3.8, 4) is 5.75 Å². The number of benzene rings is 2. The Labute approximate surface area is 185 Å². The molecular formula is C24H23N7O. The maximum atomic E-state index is 5.35. The molecule has 4 heterocycles. The highest BCUT2D eigenvalue weighted by Crippen LogP contribution is 2.34. The molecule has 0 radical (unpaired) electrons. The summed E-state index contributed by atoms with van der Waals surface area (Å²) in [5, 5.41) is 3.64. The van der Waals surface area contributed by atoms with E-state index >= 15 is 0 Å². The van der Waals surface area contributed by atoms with E-state index in [1.807, 2.05) is 42.6 Å². The quantitative estimate of drug-likeness (QED) is 0.542. The van der Waals surface area contributed by atoms with Crippen molar-refractivity contribution in [1.82, 2.24) is 24.8 Å². The van der Waals surface area contributed by atoms with Crippen molar-refractivity contribution >= 4 is 22.9 Å². The largest absolute Gasteiger partial charge is 0.497 e. The Balaban J connectivity index is 1.41. The second kappa shape index (κ2) is 7.65. The number of guanidine groups is 1. The van der Waals surface area contributed by atoms with Crippen LogP contribution in [0, 0.1) is 0 Å². The van der Waals surface area contributed by atoms with Gasteiger partial charge in [-0.15, -0.1) is 0 Å². The molecule has 6 rings (SSSR count). The van der Waals surface area contributed by atoms with Crippen molar-refractivity contribution in [2.75, 3.05) is 25.3 Å². The van der Waals surface area contributed by atoms with Crippen molar-refractivity contribution in [3.05, 3.63) is 84.2 Å². The lowest BCUT2D eigenvalue weighted by Crippen LogP contribution is -2.57. The van der Waals surface area contributed by atoms with Gasteiger partial charge < -0.3 is 10.1 Å². The van der Waals surface area contributed by atoms with Crippen molar-refractivity contribution in [3.63, 3.8) is 0 Å². The smallest absolute Gasteiger partial charge is 0.216 e. The summed E-state index contributed by atoms with van der Waals surface area (Å²) in [6, 6.07) is 22.4. The third-order valence-corrected chi connectivity index (χ3v) is 5.90. The maximum absolute atomic E-state index is 5.35. The molecule has 0 spiro atoms. The Kier molecular flexibility index (Phi) is 4.50. The van der Waals surface area contributed by atoms with Crippen molar-refractivity contribution in [1.29, 1.82) is 0 Å². The van der Waals surface area contributed by atoms with Crippen LogP contribution in [0.25, 0.3) is 11.0 Å². The molecule has 0 amide bonds. The first-order valence-electron chi connectivity index (χ1n) is 10.6. The summed E-state index contributed by atoms with van der Waals surface area (Å²) in [4.78, 5) is 18.7. The molecule has 2 aromatic carbocycles. The Hall–Kier alpha value is -3.91. The summed E-state index contributed by atoms with van der Waals surface area (Å²) in [6.45, 7) is 2.02. The fourth-order valence-corrected chi connectivity index (χ4v) is 4.35. The summed E-state index contributed by atoms with van der Waals surface area (Å²) >= 11 is 0. The summed E-state index contributed by atoms with van der Waals surface area (Å²) in [5.41, 5.74) is 4.19. The van der Waals surface area contributed by atoms with Crippen molar-refractivity contribution in [2.24, 2.45) is 4.99 Å². The Morgan fingerprint density at radius 3 is 2.69 bits per heavy atom. The first kappa shape index (κ1) is 18.8. The minimum atomic E-state index is -0.111. The van der Waals surface area contributed by atoms with E-state index in [2.05, 4.69) is 55.0 Å². The monoisotopic (exact) mass is 425 g/mol. The third kappa shape index (κ3) is 3.16. The van der Waals surface area contributed by atoms with Gasteiger partial charge in [0.2, 0.25) is 11.9 Å². The number of aliphatic imine (C=N–C) groups is 1. The van der Waals surface area contributed by atoms with Crippen LogP contribution in [0.2, 0.25) is 0 Å². The van der Waals surface area contributed by atoms with Crippen LogP contribution in [0.5, 0.6) is 5.75 Å². The van der Waals surface area contributed by atoms with Gasteiger partial charge in [0.25, 0.3) is 0 Å². The number of imidazole rings is 1. The molecule has 0 fully saturated rings. The molecule has 1 atom stereocenters. The number of methoxy groups -OCH3 is 1. The van der Waals surface area contributed by atoms with Gasteiger partial charge in [-0.1, -0.05) is 30.3 Å². The predicted molar refractivity (Wildman–Crippen MR) is 123 cm³/mol. The predicted octanol–water partition coefficient (Wildman–Crippen LogP) is 3.18. The minimum Gasteiger partial charge on any atom is -0.497 e. The zero-order chi connectivity index (χ0) is 21.5. The number of para-hydroxylation sites is 2. The maximum Gasteiger partial charge on any atom is 0.216 e. The second-order valence-corrected chi connectivity index (χ2v) is 7.93. The zero-order valence-corrected chi connectivity index (χ0v) is 17.7. The number of aromatic nitrogens is 3. The number of fused-ring (bicyclic) bond motifs is 5. The van der Waals surface area contributed by atoms with Gasteiger partial charge in [-0.25, -0.2) is 9.98 Å². The molecular weight excluding hydrogens is 402 g/mol. The van der Waals surface area contributed by atoms with Gasteiger partial charge in [-0.05, 0) is 42.0 Å². The number of rotatable bonds is 4. The molecule has 1 unspecified atom stereocenters. The minimum absolute atomic E-state index is 0.111. The number of hydrogen-bond acceptors (Lipinski definition) is 7. The molecule has 0 saturated heterocycles. The second-order valence-electron chi connectivity index (χ2n) is 7.93. The molecule has 32 heavy (non-hydrogen) atoms. The molecule has 8 nitrogen and oxygen atoms in total. The first-order valence-corrected chi connectivity index (χ1v) is 10.6. The SMILES string of the molecule is COc1ccc(C2NC3=NCN(Cc4ccccn4)CN3c3nc4ccccc4n32)cc1. The van der Waals surface area contributed by atoms with Gasteiger partial charge >= 0.3 is 0 Å². The molecule has 8 heteroatoms. The highest BCUT2D eigenvalue weighted by atomic mass is 16.5. The van der Waals surface area contributed by atoms with Crippen molar-refractivity contribution in [2.45, 2.75) is 12.7 Å². The van der Waals surface area contributed by atoms with E-state index in [4.69, 9.17) is 14.7 Å². The molecule has 0 aliphatic carbocycles. The standard InChI is InChI=1S/C24H23N7O/c1-32-19-11-9-17(10-12-19)22-28-23-26-15-29(14-18-6-4-5-13-25-18)16-30(23)24-27-20-7-2-3-8-21(20)31(22)24/h2-13,22H,14-16H2,1H3,(H,26,28). The number of anilines is 1. The Morgan fingerprint density at radius 2 is 1.88 bits per heavy atom. The van der Waals surface area contributed by atoms with Crippen LogP contribution in [0.4, 0.5) is 5.95 Å². The highest BCUT2D eigenvalue weighted by molar-refractivity contribution is 5.98. The van der Waals surface area contributed by atoms with Crippen LogP contribution in [-0.4, -0.2) is 45.8 Å². The summed E-state index contributed by atoms with van der Waals surface area (Å²) in [7, 11) is 1.68. The highest BCUT2D eigenvalue weighted by Gasteiger charge is 2.35. The molecule has 160 valence electrons. The number of nitrogens with one attached hydrogen (secondary N) is 1. The van der Waals surface area contributed by atoms with Crippen LogP contribution in [0.1, 0.15) is 17.4 Å². The van der Waals surface area contributed by atoms with Crippen molar-refractivity contribution < 1.29 is 4.74 Å². The lowest BCUT2D eigenvalue weighted by molar-refractivity contribution is 0.261. The van der Waals surface area contributed by atoms with Crippen LogP contribution < -0.4 is 15.0 Å². The van der Waals surface area contributed by atoms with E-state index in [-0.39, 0.29) is 6.17 Å². The average molecular weight is 425 g/mol. The lowest BCUT2D eigenvalue weighted by atomic mass is 10.1. The van der Waals surface area contributed by atoms with Crippen LogP contribution >= 0.6 is 0 Å². The van der Waals surface area contributed by atoms with Gasteiger partial charge in [0.15, 0.2) is 0 Å². The number of nitrogens with zero attached hydrogens (tertiary/aromatic N) is 6. The molecule has 2 aromatic heterocycles. The van der Waals surface area contributed by atoms with Crippen LogP contribution in [0.15, 0.2) is 77.9 Å². The van der Waals surface area contributed by atoms with Gasteiger partial charge in [-0.3, -0.25) is 19.4 Å². The molecule has 4 aromatic rings. The molecule has 1 N–H and O–H groups in total. The van der Waals surface area contributed by atoms with Crippen LogP contribution in [-0.2, 0) is 6.54 Å². The Bertz CT molecular complexity index is 1280. The fraction of sp³-hybridized carbons (Fsp3) is 0.208. The number of ether oxygens (including phenoxy) is 1. The number of hydrogen-bond donors (Lipinski definition) is 1. The molecule has 2 aliphatic rings. The Morgan fingerprint density at radius 1 is 1.03 bits per heavy atom.